The van der Waals surface area contributed by atoms with E-state index in [1.165, 1.54) is 0 Å². The summed E-state index contributed by atoms with van der Waals surface area (Å²) in [5.74, 6) is -0.464. The molecule has 0 amide bonds. The number of fused-ring (bicyclic) bond motifs is 3. The highest BCUT2D eigenvalue weighted by Crippen LogP contribution is 2.37. The smallest absolute Gasteiger partial charge is 0.450 e. The van der Waals surface area contributed by atoms with Crippen LogP contribution in [0.5, 0.6) is 0 Å². The summed E-state index contributed by atoms with van der Waals surface area (Å²) in [6, 6.07) is 8.91. The Balaban J connectivity index is 0.000000165. The van der Waals surface area contributed by atoms with E-state index in [-0.39, 0.29) is 29.5 Å². The van der Waals surface area contributed by atoms with Gasteiger partial charge in [-0.25, -0.2) is 9.97 Å². The lowest BCUT2D eigenvalue weighted by atomic mass is 9.97. The number of aliphatic hydroxyl groups excluding tert-OH is 1. The summed E-state index contributed by atoms with van der Waals surface area (Å²) in [6.45, 7) is 5.31. The number of aliphatic hydroxyl groups is 1. The number of H-pyrrole nitrogens is 1. The number of aromatic nitrogens is 3. The lowest BCUT2D eigenvalue weighted by molar-refractivity contribution is -0.144. The first-order chi connectivity index (χ1) is 19.2. The summed E-state index contributed by atoms with van der Waals surface area (Å²) in [6.07, 6.45) is -1.10. The summed E-state index contributed by atoms with van der Waals surface area (Å²) in [5, 5.41) is 9.76. The summed E-state index contributed by atoms with van der Waals surface area (Å²) in [4.78, 5) is 25.8. The predicted octanol–water partition coefficient (Wildman–Crippen LogP) is 4.97. The van der Waals surface area contributed by atoms with Crippen molar-refractivity contribution in [3.63, 3.8) is 0 Å². The highest BCUT2D eigenvalue weighted by Gasteiger charge is 2.37. The number of nitrogens with zero attached hydrogens (tertiary/aromatic N) is 4. The third kappa shape index (κ3) is 5.81. The molecule has 2 saturated heterocycles. The normalized spacial score (nSPS) is 16.6. The van der Waals surface area contributed by atoms with Crippen LogP contribution in [0.25, 0.3) is 22.1 Å². The Morgan fingerprint density at radius 3 is 2.60 bits per heavy atom. The van der Waals surface area contributed by atoms with Gasteiger partial charge in [0.1, 0.15) is 16.8 Å². The summed E-state index contributed by atoms with van der Waals surface area (Å²) in [7, 11) is 0. The minimum Gasteiger partial charge on any atom is -0.450 e. The SMILES string of the molecule is CC(C1COC1)N(CCO)c1cc(Br)c[nH]c1=O.FC(F)(F)c1nc(N2CCCC2)c2oc3ccccc3c2n1. The van der Waals surface area contributed by atoms with Gasteiger partial charge >= 0.3 is 6.18 Å². The quantitative estimate of drug-likeness (QED) is 0.310. The summed E-state index contributed by atoms with van der Waals surface area (Å²) in [5.41, 5.74) is 1.51. The molecule has 1 atom stereocenters. The second kappa shape index (κ2) is 11.8. The number of benzene rings is 1. The van der Waals surface area contributed by atoms with Gasteiger partial charge in [0.25, 0.3) is 5.56 Å². The molecule has 2 aliphatic rings. The number of alkyl halides is 3. The van der Waals surface area contributed by atoms with Crippen molar-refractivity contribution in [3.8, 4) is 0 Å². The zero-order chi connectivity index (χ0) is 28.4. The van der Waals surface area contributed by atoms with Gasteiger partial charge in [0, 0.05) is 47.6 Å². The van der Waals surface area contributed by atoms with Crippen LogP contribution in [0, 0.1) is 5.92 Å². The Hall–Kier alpha value is -3.16. The molecule has 1 unspecified atom stereocenters. The first-order valence-electron chi connectivity index (χ1n) is 13.0. The number of hydrogen-bond donors (Lipinski definition) is 2. The molecule has 2 fully saturated rings. The molecule has 2 N–H and O–H groups in total. The van der Waals surface area contributed by atoms with Crippen LogP contribution in [0.3, 0.4) is 0 Å². The lowest BCUT2D eigenvalue weighted by Gasteiger charge is -2.39. The van der Waals surface area contributed by atoms with Crippen LogP contribution >= 0.6 is 15.9 Å². The number of hydrogen-bond acceptors (Lipinski definition) is 8. The third-order valence-electron chi connectivity index (χ3n) is 7.20. The monoisotopic (exact) mass is 623 g/mol. The second-order valence-electron chi connectivity index (χ2n) is 9.83. The Morgan fingerprint density at radius 1 is 1.23 bits per heavy atom. The highest BCUT2D eigenvalue weighted by atomic mass is 79.9. The molecule has 0 spiro atoms. The third-order valence-corrected chi connectivity index (χ3v) is 7.66. The molecular weight excluding hydrogens is 595 g/mol. The number of anilines is 2. The van der Waals surface area contributed by atoms with Gasteiger partial charge in [-0.15, -0.1) is 0 Å². The average molecular weight is 624 g/mol. The van der Waals surface area contributed by atoms with Gasteiger partial charge in [-0.3, -0.25) is 4.79 Å². The first kappa shape index (κ1) is 28.4. The minimum absolute atomic E-state index is 0.0177. The number of pyridine rings is 1. The van der Waals surface area contributed by atoms with Crippen molar-refractivity contribution in [2.75, 3.05) is 49.3 Å². The molecule has 0 bridgehead atoms. The zero-order valence-electron chi connectivity index (χ0n) is 21.7. The van der Waals surface area contributed by atoms with Crippen molar-refractivity contribution in [3.05, 3.63) is 57.2 Å². The fourth-order valence-corrected chi connectivity index (χ4v) is 5.28. The molecule has 2 aliphatic heterocycles. The molecule has 3 aromatic heterocycles. The maximum absolute atomic E-state index is 13.1. The zero-order valence-corrected chi connectivity index (χ0v) is 23.3. The number of rotatable bonds is 6. The molecule has 6 rings (SSSR count). The molecule has 9 nitrogen and oxygen atoms in total. The van der Waals surface area contributed by atoms with Gasteiger partial charge in [-0.05, 0) is 53.9 Å². The van der Waals surface area contributed by atoms with Crippen LogP contribution in [0.4, 0.5) is 24.7 Å². The maximum atomic E-state index is 13.1. The van der Waals surface area contributed by atoms with Crippen LogP contribution in [0.1, 0.15) is 25.6 Å². The Bertz CT molecular complexity index is 1530. The minimum atomic E-state index is -4.58. The molecule has 0 saturated carbocycles. The number of para-hydroxylation sites is 1. The maximum Gasteiger partial charge on any atom is 0.451 e. The lowest BCUT2D eigenvalue weighted by Crippen LogP contribution is -2.49. The number of nitrogens with one attached hydrogen (secondary N) is 1. The van der Waals surface area contributed by atoms with E-state index < -0.39 is 12.0 Å². The predicted molar refractivity (Wildman–Crippen MR) is 149 cm³/mol. The van der Waals surface area contributed by atoms with E-state index in [0.717, 1.165) is 30.5 Å². The topological polar surface area (TPSA) is 108 Å². The summed E-state index contributed by atoms with van der Waals surface area (Å²) >= 11 is 3.35. The molecule has 4 aromatic rings. The van der Waals surface area contributed by atoms with E-state index in [0.29, 0.717) is 47.8 Å². The van der Waals surface area contributed by atoms with Crippen LogP contribution in [-0.2, 0) is 10.9 Å². The van der Waals surface area contributed by atoms with Gasteiger partial charge in [0.05, 0.1) is 19.8 Å². The molecule has 0 aliphatic carbocycles. The molecular formula is C27H29BrF3N5O4. The standard InChI is InChI=1S/C15H12F3N3O.C12H17BrN2O3/c16-15(17,18)14-19-11-9-5-1-2-6-10(9)22-12(11)13(20-14)21-7-3-4-8-21;1-8(9-6-18-7-9)15(2-3-16)11-4-10(13)5-14-12(11)17/h1-2,5-6H,3-4,7-8H2;4-5,8-9,16H,2-3,6-7H2,1H3,(H,14,17). The number of ether oxygens (including phenoxy) is 1. The second-order valence-corrected chi connectivity index (χ2v) is 10.7. The largest absolute Gasteiger partial charge is 0.451 e. The molecule has 5 heterocycles. The number of aromatic amines is 1. The summed E-state index contributed by atoms with van der Waals surface area (Å²) < 4.78 is 51.1. The Kier molecular flexibility index (Phi) is 8.34. The van der Waals surface area contributed by atoms with Crippen molar-refractivity contribution in [1.82, 2.24) is 15.0 Å². The molecule has 1 aromatic carbocycles. The molecule has 40 heavy (non-hydrogen) atoms. The van der Waals surface area contributed by atoms with Crippen molar-refractivity contribution >= 4 is 49.5 Å². The van der Waals surface area contributed by atoms with Gasteiger partial charge in [0.2, 0.25) is 5.82 Å². The Morgan fingerprint density at radius 2 is 1.95 bits per heavy atom. The fourth-order valence-electron chi connectivity index (χ4n) is 4.94. The van der Waals surface area contributed by atoms with Crippen LogP contribution in [-0.4, -0.2) is 65.6 Å². The average Bonchev–Trinajstić information content (AvgIpc) is 3.55. The van der Waals surface area contributed by atoms with E-state index in [1.54, 1.807) is 36.5 Å². The number of halogens is 4. The molecule has 13 heteroatoms. The molecule has 0 radical (unpaired) electrons. The Labute approximate surface area is 236 Å². The van der Waals surface area contributed by atoms with Crippen LogP contribution < -0.4 is 15.4 Å². The van der Waals surface area contributed by atoms with E-state index in [9.17, 15) is 23.1 Å². The van der Waals surface area contributed by atoms with Gasteiger partial charge in [-0.1, -0.05) is 12.1 Å². The first-order valence-corrected chi connectivity index (χ1v) is 13.8. The van der Waals surface area contributed by atoms with Crippen LogP contribution in [0.2, 0.25) is 0 Å². The van der Waals surface area contributed by atoms with Crippen molar-refractivity contribution in [2.24, 2.45) is 5.92 Å². The van der Waals surface area contributed by atoms with Crippen LogP contribution in [0.15, 0.2) is 50.2 Å². The van der Waals surface area contributed by atoms with Crippen molar-refractivity contribution < 1.29 is 27.4 Å². The van der Waals surface area contributed by atoms with E-state index >= 15 is 0 Å². The fraction of sp³-hybridized carbons (Fsp3) is 0.444. The highest BCUT2D eigenvalue weighted by molar-refractivity contribution is 9.10. The number of furan rings is 1. The van der Waals surface area contributed by atoms with Crippen molar-refractivity contribution in [1.29, 1.82) is 0 Å². The van der Waals surface area contributed by atoms with Crippen molar-refractivity contribution in [2.45, 2.75) is 32.0 Å². The van der Waals surface area contributed by atoms with E-state index in [4.69, 9.17) is 9.15 Å². The molecule has 214 valence electrons. The van der Waals surface area contributed by atoms with Gasteiger partial charge < -0.3 is 29.0 Å². The van der Waals surface area contributed by atoms with Gasteiger partial charge in [0.15, 0.2) is 11.4 Å². The van der Waals surface area contributed by atoms with E-state index in [2.05, 4.69) is 37.8 Å². The van der Waals surface area contributed by atoms with E-state index in [1.807, 2.05) is 9.80 Å². The van der Waals surface area contributed by atoms with Gasteiger partial charge in [-0.2, -0.15) is 13.2 Å².